The molecule has 0 saturated carbocycles. The Bertz CT molecular complexity index is 515. The molecule has 1 aromatic heterocycles. The standard InChI is InChI=1S/C15H20N2O2S/c1-12(19)16-14-5-2-6-17(9-14)10-15-8-13(11-20-15)4-3-7-18/h8,11,14,18H,2,5-7,9-10H2,1H3,(H,16,19). The highest BCUT2D eigenvalue weighted by Gasteiger charge is 2.20. The molecule has 2 rings (SSSR count). The predicted molar refractivity (Wildman–Crippen MR) is 80.4 cm³/mol. The van der Waals surface area contributed by atoms with Gasteiger partial charge in [-0.3, -0.25) is 9.69 Å². The van der Waals surface area contributed by atoms with Crippen LogP contribution in [0.1, 0.15) is 30.2 Å². The van der Waals surface area contributed by atoms with Crippen molar-refractivity contribution >= 4 is 17.2 Å². The number of nitrogens with zero attached hydrogens (tertiary/aromatic N) is 1. The van der Waals surface area contributed by atoms with Crippen molar-refractivity contribution in [2.24, 2.45) is 0 Å². The minimum absolute atomic E-state index is 0.0505. The van der Waals surface area contributed by atoms with Crippen LogP contribution < -0.4 is 5.32 Å². The first kappa shape index (κ1) is 15.0. The normalized spacial score (nSPS) is 19.2. The highest BCUT2D eigenvalue weighted by molar-refractivity contribution is 7.10. The zero-order valence-corrected chi connectivity index (χ0v) is 12.5. The third-order valence-corrected chi connectivity index (χ3v) is 4.18. The summed E-state index contributed by atoms with van der Waals surface area (Å²) in [6.45, 7) is 4.36. The zero-order chi connectivity index (χ0) is 14.4. The van der Waals surface area contributed by atoms with Gasteiger partial charge in [-0.25, -0.2) is 0 Å². The lowest BCUT2D eigenvalue weighted by molar-refractivity contribution is -0.120. The third kappa shape index (κ3) is 4.64. The fourth-order valence-corrected chi connectivity index (χ4v) is 3.35. The molecule has 0 aromatic carbocycles. The number of thiophene rings is 1. The van der Waals surface area contributed by atoms with Crippen molar-refractivity contribution in [3.8, 4) is 11.8 Å². The first-order valence-corrected chi connectivity index (χ1v) is 7.72. The predicted octanol–water partition coefficient (Wildman–Crippen LogP) is 1.19. The fraction of sp³-hybridized carbons (Fsp3) is 0.533. The van der Waals surface area contributed by atoms with Crippen LogP contribution in [0.2, 0.25) is 0 Å². The van der Waals surface area contributed by atoms with Gasteiger partial charge in [-0.15, -0.1) is 11.3 Å². The summed E-state index contributed by atoms with van der Waals surface area (Å²) in [5.74, 6) is 5.63. The van der Waals surface area contributed by atoms with E-state index in [4.69, 9.17) is 5.11 Å². The maximum atomic E-state index is 11.1. The van der Waals surface area contributed by atoms with Gasteiger partial charge in [0.05, 0.1) is 0 Å². The Labute approximate surface area is 123 Å². The van der Waals surface area contributed by atoms with Crippen LogP contribution in [-0.4, -0.2) is 41.7 Å². The fourth-order valence-electron chi connectivity index (χ4n) is 2.50. The monoisotopic (exact) mass is 292 g/mol. The van der Waals surface area contributed by atoms with Crippen LogP contribution in [0.15, 0.2) is 11.4 Å². The van der Waals surface area contributed by atoms with Crippen molar-refractivity contribution in [3.63, 3.8) is 0 Å². The molecular formula is C15H20N2O2S. The van der Waals surface area contributed by atoms with Crippen LogP contribution in [-0.2, 0) is 11.3 Å². The summed E-state index contributed by atoms with van der Waals surface area (Å²) in [5, 5.41) is 13.7. The summed E-state index contributed by atoms with van der Waals surface area (Å²) in [6, 6.07) is 2.35. The summed E-state index contributed by atoms with van der Waals surface area (Å²) in [6.07, 6.45) is 2.18. The molecule has 2 heterocycles. The number of hydrogen-bond donors (Lipinski definition) is 2. The minimum atomic E-state index is -0.101. The number of amides is 1. The van der Waals surface area contributed by atoms with Gasteiger partial charge in [0.2, 0.25) is 5.91 Å². The Kier molecular flexibility index (Phi) is 5.60. The van der Waals surface area contributed by atoms with Crippen LogP contribution >= 0.6 is 11.3 Å². The summed E-state index contributed by atoms with van der Waals surface area (Å²) < 4.78 is 0. The van der Waals surface area contributed by atoms with E-state index in [0.29, 0.717) is 0 Å². The first-order valence-electron chi connectivity index (χ1n) is 6.84. The molecule has 0 aliphatic carbocycles. The molecule has 1 aliphatic rings. The SMILES string of the molecule is CC(=O)NC1CCCN(Cc2cc(C#CCO)cs2)C1. The topological polar surface area (TPSA) is 52.6 Å². The van der Waals surface area contributed by atoms with Crippen molar-refractivity contribution in [2.45, 2.75) is 32.4 Å². The lowest BCUT2D eigenvalue weighted by atomic mass is 10.1. The van der Waals surface area contributed by atoms with E-state index in [-0.39, 0.29) is 18.6 Å². The molecule has 4 nitrogen and oxygen atoms in total. The number of carbonyl (C=O) groups excluding carboxylic acids is 1. The van der Waals surface area contributed by atoms with Crippen LogP contribution in [0.25, 0.3) is 0 Å². The van der Waals surface area contributed by atoms with Gasteiger partial charge in [0, 0.05) is 41.9 Å². The number of hydrogen-bond acceptors (Lipinski definition) is 4. The molecule has 5 heteroatoms. The van der Waals surface area contributed by atoms with E-state index in [0.717, 1.165) is 38.0 Å². The van der Waals surface area contributed by atoms with Gasteiger partial charge >= 0.3 is 0 Å². The van der Waals surface area contributed by atoms with Crippen LogP contribution in [0.3, 0.4) is 0 Å². The largest absolute Gasteiger partial charge is 0.384 e. The quantitative estimate of drug-likeness (QED) is 0.823. The van der Waals surface area contributed by atoms with Crippen molar-refractivity contribution in [2.75, 3.05) is 19.7 Å². The summed E-state index contributed by atoms with van der Waals surface area (Å²) >= 11 is 1.70. The number of nitrogens with one attached hydrogen (secondary N) is 1. The van der Waals surface area contributed by atoms with E-state index in [1.807, 2.05) is 5.38 Å². The van der Waals surface area contributed by atoms with Gasteiger partial charge in [-0.2, -0.15) is 0 Å². The third-order valence-electron chi connectivity index (χ3n) is 3.26. The van der Waals surface area contributed by atoms with Crippen molar-refractivity contribution in [3.05, 3.63) is 21.9 Å². The number of piperidine rings is 1. The van der Waals surface area contributed by atoms with Crippen molar-refractivity contribution < 1.29 is 9.90 Å². The Balaban J connectivity index is 1.89. The Morgan fingerprint density at radius 1 is 1.65 bits per heavy atom. The number of likely N-dealkylation sites (tertiary alicyclic amines) is 1. The molecule has 1 aromatic rings. The second kappa shape index (κ2) is 7.44. The molecule has 20 heavy (non-hydrogen) atoms. The Morgan fingerprint density at radius 2 is 2.50 bits per heavy atom. The molecule has 1 amide bonds. The molecule has 108 valence electrons. The van der Waals surface area contributed by atoms with E-state index < -0.39 is 0 Å². The number of aliphatic hydroxyl groups is 1. The average molecular weight is 292 g/mol. The number of carbonyl (C=O) groups is 1. The van der Waals surface area contributed by atoms with Gasteiger partial charge in [0.1, 0.15) is 6.61 Å². The molecule has 1 atom stereocenters. The van der Waals surface area contributed by atoms with Crippen molar-refractivity contribution in [1.82, 2.24) is 10.2 Å². The van der Waals surface area contributed by atoms with E-state index in [9.17, 15) is 4.79 Å². The molecule has 1 unspecified atom stereocenters. The lowest BCUT2D eigenvalue weighted by Crippen LogP contribution is -2.46. The van der Waals surface area contributed by atoms with Gasteiger partial charge in [0.25, 0.3) is 0 Å². The summed E-state index contributed by atoms with van der Waals surface area (Å²) in [4.78, 5) is 14.8. The Hall–Kier alpha value is -1.35. The second-order valence-corrected chi connectivity index (χ2v) is 6.03. The highest BCUT2D eigenvalue weighted by Crippen LogP contribution is 2.19. The van der Waals surface area contributed by atoms with Gasteiger partial charge in [0.15, 0.2) is 0 Å². The molecule has 1 fully saturated rings. The van der Waals surface area contributed by atoms with Gasteiger partial charge in [-0.1, -0.05) is 11.8 Å². The lowest BCUT2D eigenvalue weighted by Gasteiger charge is -2.32. The Morgan fingerprint density at radius 3 is 3.25 bits per heavy atom. The van der Waals surface area contributed by atoms with Gasteiger partial charge < -0.3 is 10.4 Å². The van der Waals surface area contributed by atoms with Crippen LogP contribution in [0.4, 0.5) is 0 Å². The van der Waals surface area contributed by atoms with E-state index in [1.54, 1.807) is 18.3 Å². The number of rotatable bonds is 3. The summed E-state index contributed by atoms with van der Waals surface area (Å²) in [5.41, 5.74) is 0.967. The maximum Gasteiger partial charge on any atom is 0.217 e. The summed E-state index contributed by atoms with van der Waals surface area (Å²) in [7, 11) is 0. The first-order chi connectivity index (χ1) is 9.67. The molecule has 2 N–H and O–H groups in total. The van der Waals surface area contributed by atoms with Crippen LogP contribution in [0.5, 0.6) is 0 Å². The van der Waals surface area contributed by atoms with E-state index in [1.165, 1.54) is 4.88 Å². The number of aliphatic hydroxyl groups excluding tert-OH is 1. The smallest absolute Gasteiger partial charge is 0.217 e. The minimum Gasteiger partial charge on any atom is -0.384 e. The molecule has 0 bridgehead atoms. The van der Waals surface area contributed by atoms with E-state index in [2.05, 4.69) is 28.1 Å². The molecular weight excluding hydrogens is 272 g/mol. The molecule has 0 radical (unpaired) electrons. The van der Waals surface area contributed by atoms with Gasteiger partial charge in [-0.05, 0) is 25.5 Å². The zero-order valence-electron chi connectivity index (χ0n) is 11.7. The maximum absolute atomic E-state index is 11.1. The van der Waals surface area contributed by atoms with Crippen LogP contribution in [0, 0.1) is 11.8 Å². The molecule has 1 aliphatic heterocycles. The molecule has 0 spiro atoms. The molecule has 1 saturated heterocycles. The van der Waals surface area contributed by atoms with E-state index >= 15 is 0 Å². The average Bonchev–Trinajstić information content (AvgIpc) is 2.83. The highest BCUT2D eigenvalue weighted by atomic mass is 32.1. The second-order valence-electron chi connectivity index (χ2n) is 5.04. The van der Waals surface area contributed by atoms with Crippen molar-refractivity contribution in [1.29, 1.82) is 0 Å².